The van der Waals surface area contributed by atoms with E-state index >= 15 is 0 Å². The van der Waals surface area contributed by atoms with Crippen LogP contribution in [-0.4, -0.2) is 46.4 Å². The Morgan fingerprint density at radius 1 is 0.818 bits per heavy atom. The van der Waals surface area contributed by atoms with Crippen molar-refractivity contribution in [3.05, 3.63) is 60.2 Å². The molecule has 33 heavy (non-hydrogen) atoms. The van der Waals surface area contributed by atoms with Gasteiger partial charge in [0.25, 0.3) is 0 Å². The molecule has 0 aromatic heterocycles. The molecule has 7 nitrogen and oxygen atoms in total. The fourth-order valence-corrected chi connectivity index (χ4v) is 7.26. The largest absolute Gasteiger partial charge is 0.377 e. The van der Waals surface area contributed by atoms with Crippen LogP contribution in [0.4, 0.5) is 0 Å². The Hall–Kier alpha value is -1.78. The van der Waals surface area contributed by atoms with E-state index in [0.717, 1.165) is 50.5 Å². The number of nitrogens with one attached hydrogen (secondary N) is 1. The first-order valence-electron chi connectivity index (χ1n) is 11.6. The van der Waals surface area contributed by atoms with E-state index in [-0.39, 0.29) is 35.0 Å². The molecule has 1 atom stereocenters. The summed E-state index contributed by atoms with van der Waals surface area (Å²) in [4.78, 5) is 0.161. The summed E-state index contributed by atoms with van der Waals surface area (Å²) in [7, 11) is -7.53. The second-order valence-corrected chi connectivity index (χ2v) is 12.5. The van der Waals surface area contributed by atoms with Gasteiger partial charge in [0.15, 0.2) is 0 Å². The zero-order valence-electron chi connectivity index (χ0n) is 18.7. The van der Waals surface area contributed by atoms with Gasteiger partial charge in [0.1, 0.15) is 0 Å². The van der Waals surface area contributed by atoms with E-state index in [1.807, 2.05) is 30.3 Å². The molecule has 1 N–H and O–H groups in total. The first kappa shape index (κ1) is 24.3. The fourth-order valence-electron chi connectivity index (χ4n) is 4.50. The SMILES string of the molecule is O=S(=O)(NC1CCCCC1)c1ccc(S(=O)(=O)N(Cc2ccccc2)C[C@H]2CCCO2)cc1. The maximum absolute atomic E-state index is 13.5. The first-order chi connectivity index (χ1) is 15.8. The quantitative estimate of drug-likeness (QED) is 0.577. The molecule has 0 bridgehead atoms. The number of nitrogens with zero attached hydrogens (tertiary/aromatic N) is 1. The highest BCUT2D eigenvalue weighted by atomic mass is 32.2. The lowest BCUT2D eigenvalue weighted by molar-refractivity contribution is 0.0926. The van der Waals surface area contributed by atoms with Crippen LogP contribution in [0.3, 0.4) is 0 Å². The Morgan fingerprint density at radius 2 is 1.48 bits per heavy atom. The predicted octanol–water partition coefficient (Wildman–Crippen LogP) is 3.67. The Kier molecular flexibility index (Phi) is 7.86. The molecule has 1 heterocycles. The number of sulfonamides is 2. The van der Waals surface area contributed by atoms with Gasteiger partial charge in [-0.25, -0.2) is 21.6 Å². The van der Waals surface area contributed by atoms with Crippen LogP contribution in [-0.2, 0) is 31.3 Å². The molecule has 0 spiro atoms. The van der Waals surface area contributed by atoms with E-state index in [2.05, 4.69) is 4.72 Å². The third kappa shape index (κ3) is 6.22. The summed E-state index contributed by atoms with van der Waals surface area (Å²) in [5, 5.41) is 0. The molecule has 0 unspecified atom stereocenters. The van der Waals surface area contributed by atoms with Crippen molar-refractivity contribution in [2.45, 2.75) is 73.4 Å². The van der Waals surface area contributed by atoms with Gasteiger partial charge in [-0.05, 0) is 55.5 Å². The summed E-state index contributed by atoms with van der Waals surface area (Å²) >= 11 is 0. The van der Waals surface area contributed by atoms with Crippen molar-refractivity contribution >= 4 is 20.0 Å². The predicted molar refractivity (Wildman–Crippen MR) is 127 cm³/mol. The van der Waals surface area contributed by atoms with Gasteiger partial charge in [0, 0.05) is 25.7 Å². The van der Waals surface area contributed by atoms with Gasteiger partial charge in [0.2, 0.25) is 20.0 Å². The molecule has 2 fully saturated rings. The van der Waals surface area contributed by atoms with E-state index in [1.54, 1.807) is 0 Å². The lowest BCUT2D eigenvalue weighted by Gasteiger charge is -2.25. The highest BCUT2D eigenvalue weighted by molar-refractivity contribution is 7.89. The summed E-state index contributed by atoms with van der Waals surface area (Å²) in [5.74, 6) is 0. The molecular formula is C24H32N2O5S2. The second kappa shape index (κ2) is 10.7. The zero-order valence-corrected chi connectivity index (χ0v) is 20.4. The number of ether oxygens (including phenoxy) is 1. The van der Waals surface area contributed by atoms with E-state index in [1.165, 1.54) is 28.6 Å². The van der Waals surface area contributed by atoms with Gasteiger partial charge < -0.3 is 4.74 Å². The van der Waals surface area contributed by atoms with Crippen molar-refractivity contribution in [2.24, 2.45) is 0 Å². The number of benzene rings is 2. The van der Waals surface area contributed by atoms with Crippen molar-refractivity contribution < 1.29 is 21.6 Å². The van der Waals surface area contributed by atoms with Crippen molar-refractivity contribution in [1.82, 2.24) is 9.03 Å². The highest BCUT2D eigenvalue weighted by Crippen LogP contribution is 2.24. The van der Waals surface area contributed by atoms with Gasteiger partial charge in [-0.1, -0.05) is 49.6 Å². The monoisotopic (exact) mass is 492 g/mol. The molecule has 1 saturated heterocycles. The molecule has 2 aromatic carbocycles. The summed E-state index contributed by atoms with van der Waals surface area (Å²) in [6.45, 7) is 1.14. The Bertz CT molecular complexity index is 1110. The fraction of sp³-hybridized carbons (Fsp3) is 0.500. The van der Waals surface area contributed by atoms with Gasteiger partial charge >= 0.3 is 0 Å². The van der Waals surface area contributed by atoms with Gasteiger partial charge in [-0.3, -0.25) is 0 Å². The smallest absolute Gasteiger partial charge is 0.243 e. The number of rotatable bonds is 9. The highest BCUT2D eigenvalue weighted by Gasteiger charge is 2.30. The van der Waals surface area contributed by atoms with Gasteiger partial charge in [-0.2, -0.15) is 4.31 Å². The number of hydrogen-bond acceptors (Lipinski definition) is 5. The summed E-state index contributed by atoms with van der Waals surface area (Å²) < 4.78 is 62.5. The zero-order chi connectivity index (χ0) is 23.3. The molecule has 1 saturated carbocycles. The van der Waals surface area contributed by atoms with Crippen LogP contribution < -0.4 is 4.72 Å². The van der Waals surface area contributed by atoms with E-state index in [9.17, 15) is 16.8 Å². The van der Waals surface area contributed by atoms with Crippen molar-refractivity contribution in [2.75, 3.05) is 13.2 Å². The van der Waals surface area contributed by atoms with Crippen LogP contribution in [0.1, 0.15) is 50.5 Å². The van der Waals surface area contributed by atoms with E-state index in [0.29, 0.717) is 6.61 Å². The molecule has 1 aliphatic carbocycles. The third-order valence-electron chi connectivity index (χ3n) is 6.33. The lowest BCUT2D eigenvalue weighted by Crippen LogP contribution is -2.37. The minimum atomic E-state index is -3.84. The minimum absolute atomic E-state index is 0.0556. The summed E-state index contributed by atoms with van der Waals surface area (Å²) in [6.07, 6.45) is 6.46. The third-order valence-corrected chi connectivity index (χ3v) is 9.69. The Balaban J connectivity index is 1.54. The van der Waals surface area contributed by atoms with Crippen molar-refractivity contribution in [3.8, 4) is 0 Å². The van der Waals surface area contributed by atoms with E-state index < -0.39 is 20.0 Å². The van der Waals surface area contributed by atoms with Crippen LogP contribution in [0.2, 0.25) is 0 Å². The maximum atomic E-state index is 13.5. The molecule has 0 radical (unpaired) electrons. The van der Waals surface area contributed by atoms with Gasteiger partial charge in [0.05, 0.1) is 15.9 Å². The summed E-state index contributed by atoms with van der Waals surface area (Å²) in [6, 6.07) is 14.9. The lowest BCUT2D eigenvalue weighted by atomic mass is 9.96. The van der Waals surface area contributed by atoms with Crippen LogP contribution >= 0.6 is 0 Å². The molecule has 0 amide bonds. The molecule has 4 rings (SSSR count). The minimum Gasteiger partial charge on any atom is -0.377 e. The molecule has 180 valence electrons. The Labute approximate surface area is 197 Å². The molecule has 1 aliphatic heterocycles. The maximum Gasteiger partial charge on any atom is 0.243 e. The first-order valence-corrected chi connectivity index (χ1v) is 14.5. The molecule has 2 aliphatic rings. The topological polar surface area (TPSA) is 92.8 Å². The van der Waals surface area contributed by atoms with Crippen LogP contribution in [0.25, 0.3) is 0 Å². The molecule has 9 heteroatoms. The van der Waals surface area contributed by atoms with Crippen LogP contribution in [0, 0.1) is 0 Å². The van der Waals surface area contributed by atoms with Crippen molar-refractivity contribution in [1.29, 1.82) is 0 Å². The normalized spacial score (nSPS) is 20.3. The average Bonchev–Trinajstić information content (AvgIpc) is 3.33. The Morgan fingerprint density at radius 3 is 2.12 bits per heavy atom. The molecular weight excluding hydrogens is 460 g/mol. The van der Waals surface area contributed by atoms with Crippen molar-refractivity contribution in [3.63, 3.8) is 0 Å². The second-order valence-electron chi connectivity index (χ2n) is 8.85. The van der Waals surface area contributed by atoms with Crippen LogP contribution in [0.15, 0.2) is 64.4 Å². The summed E-state index contributed by atoms with van der Waals surface area (Å²) in [5.41, 5.74) is 0.884. The average molecular weight is 493 g/mol. The van der Waals surface area contributed by atoms with E-state index in [4.69, 9.17) is 4.74 Å². The van der Waals surface area contributed by atoms with Crippen LogP contribution in [0.5, 0.6) is 0 Å². The molecule has 2 aromatic rings. The van der Waals surface area contributed by atoms with Gasteiger partial charge in [-0.15, -0.1) is 0 Å². The standard InChI is InChI=1S/C24H32N2O5S2/c27-32(28,25-21-10-5-2-6-11-21)23-13-15-24(16-14-23)33(29,30)26(19-22-12-7-17-31-22)18-20-8-3-1-4-9-20/h1,3-4,8-9,13-16,21-22,25H,2,5-7,10-12,17-19H2/t22-/m1/s1. The number of hydrogen-bond donors (Lipinski definition) is 1.